The molecule has 1 N–H and O–H groups in total. The molecule has 0 radical (unpaired) electrons. The summed E-state index contributed by atoms with van der Waals surface area (Å²) in [5.41, 5.74) is -2.24. The number of hydrogen-bond acceptors (Lipinski definition) is 4. The van der Waals surface area contributed by atoms with Gasteiger partial charge in [-0.25, -0.2) is 4.79 Å². The van der Waals surface area contributed by atoms with Crippen molar-refractivity contribution in [3.05, 3.63) is 23.3 Å². The smallest absolute Gasteiger partial charge is 0.337 e. The van der Waals surface area contributed by atoms with Crippen molar-refractivity contribution in [3.63, 3.8) is 0 Å². The van der Waals surface area contributed by atoms with Crippen LogP contribution in [0.15, 0.2) is 23.3 Å². The Balaban J connectivity index is 3.49. The summed E-state index contributed by atoms with van der Waals surface area (Å²) >= 11 is 0. The summed E-state index contributed by atoms with van der Waals surface area (Å²) in [5, 5.41) is 10.9. The molecule has 0 aliphatic heterocycles. The topological polar surface area (TPSA) is 63.6 Å². The van der Waals surface area contributed by atoms with Crippen molar-refractivity contribution in [2.45, 2.75) is 54.1 Å². The molecule has 4 nitrogen and oxygen atoms in total. The number of ketones is 1. The van der Waals surface area contributed by atoms with E-state index in [9.17, 15) is 14.7 Å². The lowest BCUT2D eigenvalue weighted by atomic mass is 9.65. The molecule has 0 aromatic rings. The van der Waals surface area contributed by atoms with Crippen molar-refractivity contribution in [2.75, 3.05) is 6.61 Å². The predicted molar refractivity (Wildman–Crippen MR) is 81.7 cm³/mol. The third-order valence-electron chi connectivity index (χ3n) is 3.72. The maximum Gasteiger partial charge on any atom is 0.337 e. The molecule has 0 saturated heterocycles. The van der Waals surface area contributed by atoms with Gasteiger partial charge >= 0.3 is 5.97 Å². The molecule has 0 bridgehead atoms. The van der Waals surface area contributed by atoms with Gasteiger partial charge in [0.15, 0.2) is 11.4 Å². The lowest BCUT2D eigenvalue weighted by molar-refractivity contribution is -0.141. The van der Waals surface area contributed by atoms with E-state index in [-0.39, 0.29) is 18.0 Å². The van der Waals surface area contributed by atoms with Crippen LogP contribution in [-0.2, 0) is 14.3 Å². The number of carbonyl (C=O) groups is 2. The van der Waals surface area contributed by atoms with Crippen molar-refractivity contribution in [1.29, 1.82) is 0 Å². The normalized spacial score (nSPS) is 23.5. The second kappa shape index (κ2) is 5.41. The Labute approximate surface area is 126 Å². The zero-order valence-corrected chi connectivity index (χ0v) is 14.0. The van der Waals surface area contributed by atoms with Crippen molar-refractivity contribution >= 4 is 11.8 Å². The summed E-state index contributed by atoms with van der Waals surface area (Å²) in [6.45, 7) is 12.9. The highest BCUT2D eigenvalue weighted by atomic mass is 16.5. The highest BCUT2D eigenvalue weighted by Crippen LogP contribution is 2.42. The zero-order chi connectivity index (χ0) is 16.6. The Kier molecular flexibility index (Phi) is 4.54. The van der Waals surface area contributed by atoms with E-state index in [1.807, 2.05) is 20.8 Å². The molecule has 1 aliphatic rings. The monoisotopic (exact) mass is 294 g/mol. The first-order chi connectivity index (χ1) is 9.34. The van der Waals surface area contributed by atoms with E-state index >= 15 is 0 Å². The molecule has 0 heterocycles. The fraction of sp³-hybridized carbons (Fsp3) is 0.647. The SMILES string of the molecule is CCOC(=O)C1=CC(O)(C(C)(C)C)C(=O)C(C(C)(C)C)=C1. The Morgan fingerprint density at radius 2 is 1.76 bits per heavy atom. The summed E-state index contributed by atoms with van der Waals surface area (Å²) in [6, 6.07) is 0. The van der Waals surface area contributed by atoms with E-state index < -0.39 is 22.4 Å². The van der Waals surface area contributed by atoms with Gasteiger partial charge in [-0.1, -0.05) is 41.5 Å². The van der Waals surface area contributed by atoms with Gasteiger partial charge < -0.3 is 9.84 Å². The lowest BCUT2D eigenvalue weighted by Crippen LogP contribution is -2.52. The molecule has 4 heteroatoms. The Hall–Kier alpha value is -1.42. The average molecular weight is 294 g/mol. The molecule has 21 heavy (non-hydrogen) atoms. The number of aliphatic hydroxyl groups is 1. The van der Waals surface area contributed by atoms with Gasteiger partial charge in [0.25, 0.3) is 0 Å². The number of ether oxygens (including phenoxy) is 1. The first kappa shape index (κ1) is 17.6. The van der Waals surface area contributed by atoms with Crippen LogP contribution in [-0.4, -0.2) is 29.1 Å². The Morgan fingerprint density at radius 1 is 1.24 bits per heavy atom. The van der Waals surface area contributed by atoms with Gasteiger partial charge in [0.2, 0.25) is 0 Å². The summed E-state index contributed by atoms with van der Waals surface area (Å²) in [5.74, 6) is -0.870. The van der Waals surface area contributed by atoms with E-state index in [0.29, 0.717) is 5.57 Å². The molecular weight excluding hydrogens is 268 g/mol. The molecule has 0 aromatic heterocycles. The van der Waals surface area contributed by atoms with Gasteiger partial charge in [-0.2, -0.15) is 0 Å². The molecule has 118 valence electrons. The molecule has 1 unspecified atom stereocenters. The molecule has 0 saturated carbocycles. The quantitative estimate of drug-likeness (QED) is 0.795. The van der Waals surface area contributed by atoms with Crippen LogP contribution in [0.4, 0.5) is 0 Å². The van der Waals surface area contributed by atoms with Crippen LogP contribution in [0.5, 0.6) is 0 Å². The molecule has 1 atom stereocenters. The van der Waals surface area contributed by atoms with Crippen LogP contribution >= 0.6 is 0 Å². The average Bonchev–Trinajstić information content (AvgIpc) is 2.29. The molecular formula is C17H26O4. The van der Waals surface area contributed by atoms with E-state index in [0.717, 1.165) is 0 Å². The lowest BCUT2D eigenvalue weighted by Gasteiger charge is -2.41. The van der Waals surface area contributed by atoms with Gasteiger partial charge in [0.1, 0.15) is 0 Å². The number of rotatable bonds is 2. The van der Waals surface area contributed by atoms with Crippen LogP contribution < -0.4 is 0 Å². The van der Waals surface area contributed by atoms with Crippen LogP contribution in [0.2, 0.25) is 0 Å². The van der Waals surface area contributed by atoms with Gasteiger partial charge in [-0.3, -0.25) is 4.79 Å². The number of esters is 1. The molecule has 0 amide bonds. The van der Waals surface area contributed by atoms with Crippen LogP contribution in [0, 0.1) is 10.8 Å². The standard InChI is InChI=1S/C17H26O4/c1-8-21-14(19)11-9-12(15(2,3)4)13(18)17(20,10-11)16(5,6)7/h9-10,20H,8H2,1-7H3. The Bertz CT molecular complexity index is 512. The number of carbonyl (C=O) groups excluding carboxylic acids is 2. The fourth-order valence-corrected chi connectivity index (χ4v) is 2.21. The summed E-state index contributed by atoms with van der Waals surface area (Å²) in [7, 11) is 0. The van der Waals surface area contributed by atoms with Crippen molar-refractivity contribution in [1.82, 2.24) is 0 Å². The molecule has 1 aliphatic carbocycles. The van der Waals surface area contributed by atoms with Gasteiger partial charge in [0.05, 0.1) is 12.2 Å². The van der Waals surface area contributed by atoms with Gasteiger partial charge in [-0.05, 0) is 24.5 Å². The summed E-state index contributed by atoms with van der Waals surface area (Å²) < 4.78 is 5.01. The minimum atomic E-state index is -1.72. The van der Waals surface area contributed by atoms with Crippen LogP contribution in [0.25, 0.3) is 0 Å². The highest BCUT2D eigenvalue weighted by molar-refractivity contribution is 6.10. The van der Waals surface area contributed by atoms with Crippen molar-refractivity contribution in [2.24, 2.45) is 10.8 Å². The minimum Gasteiger partial charge on any atom is -0.462 e. The minimum absolute atomic E-state index is 0.235. The van der Waals surface area contributed by atoms with Crippen molar-refractivity contribution in [3.8, 4) is 0 Å². The Morgan fingerprint density at radius 3 is 2.14 bits per heavy atom. The van der Waals surface area contributed by atoms with E-state index in [1.165, 1.54) is 6.08 Å². The maximum absolute atomic E-state index is 12.8. The zero-order valence-electron chi connectivity index (χ0n) is 14.0. The molecule has 0 spiro atoms. The fourth-order valence-electron chi connectivity index (χ4n) is 2.21. The van der Waals surface area contributed by atoms with E-state index in [4.69, 9.17) is 4.74 Å². The molecule has 0 aromatic carbocycles. The van der Waals surface area contributed by atoms with Crippen molar-refractivity contribution < 1.29 is 19.4 Å². The number of hydrogen-bond donors (Lipinski definition) is 1. The molecule has 0 fully saturated rings. The molecule has 1 rings (SSSR count). The van der Waals surface area contributed by atoms with Gasteiger partial charge in [-0.15, -0.1) is 0 Å². The second-order valence-corrected chi connectivity index (χ2v) is 7.47. The third kappa shape index (κ3) is 3.26. The van der Waals surface area contributed by atoms with Crippen LogP contribution in [0.3, 0.4) is 0 Å². The van der Waals surface area contributed by atoms with E-state index in [2.05, 4.69) is 0 Å². The number of Topliss-reactive ketones (excluding diaryl/α,β-unsaturated/α-hetero) is 1. The van der Waals surface area contributed by atoms with Gasteiger partial charge in [0, 0.05) is 11.0 Å². The predicted octanol–water partition coefficient (Wildman–Crippen LogP) is 2.81. The largest absolute Gasteiger partial charge is 0.462 e. The summed E-state index contributed by atoms with van der Waals surface area (Å²) in [6.07, 6.45) is 2.88. The highest BCUT2D eigenvalue weighted by Gasteiger charge is 2.50. The maximum atomic E-state index is 12.8. The summed E-state index contributed by atoms with van der Waals surface area (Å²) in [4.78, 5) is 24.8. The van der Waals surface area contributed by atoms with Crippen LogP contribution in [0.1, 0.15) is 48.5 Å². The third-order valence-corrected chi connectivity index (χ3v) is 3.72. The first-order valence-corrected chi connectivity index (χ1v) is 7.24. The first-order valence-electron chi connectivity index (χ1n) is 7.24. The van der Waals surface area contributed by atoms with E-state index in [1.54, 1.807) is 33.8 Å². The second-order valence-electron chi connectivity index (χ2n) is 7.47.